The molecular formula is C34H49NO2. The number of carbonyl (C=O) groups is 1. The number of hydrogen-bond donors (Lipinski definition) is 0. The van der Waals surface area contributed by atoms with E-state index < -0.39 is 0 Å². The quantitative estimate of drug-likeness (QED) is 0.181. The molecule has 5 unspecified atom stereocenters. The number of aromatic nitrogens is 1. The van der Waals surface area contributed by atoms with E-state index in [9.17, 15) is 4.79 Å². The second kappa shape index (κ2) is 11.5. The van der Waals surface area contributed by atoms with Crippen molar-refractivity contribution in [1.82, 2.24) is 4.98 Å². The second-order valence-electron chi connectivity index (χ2n) is 13.0. The topological polar surface area (TPSA) is 39.2 Å². The molecule has 0 spiro atoms. The van der Waals surface area contributed by atoms with Crippen LogP contribution in [0.2, 0.25) is 0 Å². The lowest BCUT2D eigenvalue weighted by Gasteiger charge is -2.57. The van der Waals surface area contributed by atoms with Crippen molar-refractivity contribution in [2.75, 3.05) is 0 Å². The monoisotopic (exact) mass is 503 g/mol. The first-order valence-electron chi connectivity index (χ1n) is 15.5. The molecule has 4 aliphatic carbocycles. The molecule has 0 saturated heterocycles. The summed E-state index contributed by atoms with van der Waals surface area (Å²) in [7, 11) is 0. The third-order valence-corrected chi connectivity index (χ3v) is 10.9. The van der Waals surface area contributed by atoms with E-state index in [-0.39, 0.29) is 22.9 Å². The molecule has 0 radical (unpaired) electrons. The van der Waals surface area contributed by atoms with E-state index >= 15 is 0 Å². The summed E-state index contributed by atoms with van der Waals surface area (Å²) in [6, 6.07) is 4.32. The van der Waals surface area contributed by atoms with Crippen LogP contribution in [0.5, 0.6) is 0 Å². The van der Waals surface area contributed by atoms with E-state index in [4.69, 9.17) is 4.74 Å². The first-order valence-corrected chi connectivity index (χ1v) is 15.5. The first kappa shape index (κ1) is 26.7. The normalized spacial score (nSPS) is 34.6. The maximum Gasteiger partial charge on any atom is 0.306 e. The van der Waals surface area contributed by atoms with Crippen molar-refractivity contribution >= 4 is 11.5 Å². The fraction of sp³-hybridized carbons (Fsp3) is 0.706. The fourth-order valence-electron chi connectivity index (χ4n) is 8.74. The van der Waals surface area contributed by atoms with Crippen LogP contribution in [0.25, 0.3) is 5.57 Å². The predicted octanol–water partition coefficient (Wildman–Crippen LogP) is 9.09. The number of allylic oxidation sites excluding steroid dienone is 3. The van der Waals surface area contributed by atoms with Gasteiger partial charge in [-0.05, 0) is 90.7 Å². The minimum Gasteiger partial charge on any atom is -0.462 e. The Balaban J connectivity index is 1.16. The molecule has 2 saturated carbocycles. The number of unbranched alkanes of at least 4 members (excludes halogenated alkanes) is 6. The number of rotatable bonds is 10. The van der Waals surface area contributed by atoms with Gasteiger partial charge < -0.3 is 4.74 Å². The lowest BCUT2D eigenvalue weighted by atomic mass is 9.47. The summed E-state index contributed by atoms with van der Waals surface area (Å²) >= 11 is 0. The molecule has 0 aromatic carbocycles. The van der Waals surface area contributed by atoms with Crippen molar-refractivity contribution in [3.63, 3.8) is 0 Å². The fourth-order valence-corrected chi connectivity index (χ4v) is 8.74. The Kier molecular flexibility index (Phi) is 8.27. The van der Waals surface area contributed by atoms with Crippen LogP contribution in [-0.2, 0) is 9.53 Å². The lowest BCUT2D eigenvalue weighted by Crippen LogP contribution is -2.50. The van der Waals surface area contributed by atoms with Crippen molar-refractivity contribution in [3.8, 4) is 0 Å². The van der Waals surface area contributed by atoms with Gasteiger partial charge in [-0.3, -0.25) is 9.78 Å². The summed E-state index contributed by atoms with van der Waals surface area (Å²) in [6.07, 6.45) is 26.5. The Hall–Kier alpha value is -1.90. The standard InChI is InChI=1S/C34H49NO2/c1-4-5-6-7-8-9-10-13-32(36)37-27-18-20-33(2)26(23-27)14-15-28-30-17-16-29(25-12-11-22-35-24-25)34(30,3)21-19-31(28)33/h11-12,14,16,22,24,27-28,30-31H,4-10,13,15,17-21,23H2,1-3H3/t27?,28?,30?,31?,33-,34?/m0/s1. The summed E-state index contributed by atoms with van der Waals surface area (Å²) in [5.41, 5.74) is 5.01. The van der Waals surface area contributed by atoms with Gasteiger partial charge in [0.2, 0.25) is 0 Å². The molecule has 1 aromatic heterocycles. The number of fused-ring (bicyclic) bond motifs is 5. The van der Waals surface area contributed by atoms with Crippen LogP contribution >= 0.6 is 0 Å². The van der Waals surface area contributed by atoms with Crippen LogP contribution in [0.3, 0.4) is 0 Å². The van der Waals surface area contributed by atoms with Crippen LogP contribution in [0.4, 0.5) is 0 Å². The Bertz CT molecular complexity index is 996. The van der Waals surface area contributed by atoms with Crippen molar-refractivity contribution in [2.24, 2.45) is 28.6 Å². The molecule has 5 rings (SSSR count). The molecule has 0 bridgehead atoms. The van der Waals surface area contributed by atoms with Gasteiger partial charge in [0.1, 0.15) is 6.10 Å². The summed E-state index contributed by atoms with van der Waals surface area (Å²) in [5, 5.41) is 0. The molecule has 37 heavy (non-hydrogen) atoms. The number of pyridine rings is 1. The maximum absolute atomic E-state index is 12.6. The van der Waals surface area contributed by atoms with Gasteiger partial charge in [-0.15, -0.1) is 0 Å². The number of nitrogens with zero attached hydrogens (tertiary/aromatic N) is 1. The van der Waals surface area contributed by atoms with Gasteiger partial charge in [-0.25, -0.2) is 0 Å². The molecule has 0 amide bonds. The molecule has 0 aliphatic heterocycles. The van der Waals surface area contributed by atoms with E-state index in [0.29, 0.717) is 6.42 Å². The van der Waals surface area contributed by atoms with Crippen molar-refractivity contribution in [3.05, 3.63) is 47.8 Å². The van der Waals surface area contributed by atoms with Crippen LogP contribution in [0, 0.1) is 28.6 Å². The zero-order valence-electron chi connectivity index (χ0n) is 23.6. The first-order chi connectivity index (χ1) is 18.0. The minimum atomic E-state index is 0.0323. The van der Waals surface area contributed by atoms with Gasteiger partial charge in [0, 0.05) is 25.2 Å². The second-order valence-corrected chi connectivity index (χ2v) is 13.0. The molecule has 202 valence electrons. The highest BCUT2D eigenvalue weighted by atomic mass is 16.5. The molecule has 3 heteroatoms. The summed E-state index contributed by atoms with van der Waals surface area (Å²) in [5.74, 6) is 2.28. The Morgan fingerprint density at radius 3 is 2.54 bits per heavy atom. The van der Waals surface area contributed by atoms with Crippen molar-refractivity contribution in [1.29, 1.82) is 0 Å². The van der Waals surface area contributed by atoms with Gasteiger partial charge in [0.25, 0.3) is 0 Å². The number of ether oxygens (including phenoxy) is 1. The Morgan fingerprint density at radius 2 is 1.76 bits per heavy atom. The molecule has 1 aromatic rings. The number of hydrogen-bond acceptors (Lipinski definition) is 3. The van der Waals surface area contributed by atoms with Crippen LogP contribution in [0.1, 0.15) is 123 Å². The molecule has 2 fully saturated rings. The van der Waals surface area contributed by atoms with E-state index in [1.807, 2.05) is 6.20 Å². The van der Waals surface area contributed by atoms with E-state index in [1.54, 1.807) is 11.1 Å². The Labute approximate surface area is 225 Å². The highest BCUT2D eigenvalue weighted by Gasteiger charge is 2.57. The molecular weight excluding hydrogens is 454 g/mol. The lowest BCUT2D eigenvalue weighted by molar-refractivity contribution is -0.151. The largest absolute Gasteiger partial charge is 0.462 e. The molecule has 1 heterocycles. The van der Waals surface area contributed by atoms with E-state index in [1.165, 1.54) is 69.8 Å². The highest BCUT2D eigenvalue weighted by molar-refractivity contribution is 5.72. The SMILES string of the molecule is CCCCCCCCCC(=O)OC1CC[C@@]2(C)C(=CCC3C4CC=C(c5cccnc5)C4(C)CCC32)C1. The molecule has 6 atom stereocenters. The third kappa shape index (κ3) is 5.34. The summed E-state index contributed by atoms with van der Waals surface area (Å²) in [6.45, 7) is 7.32. The van der Waals surface area contributed by atoms with E-state index in [2.05, 4.69) is 56.2 Å². The highest BCUT2D eigenvalue weighted by Crippen LogP contribution is 2.66. The number of carbonyl (C=O) groups excluding carboxylic acids is 1. The maximum atomic E-state index is 12.6. The average molecular weight is 504 g/mol. The van der Waals surface area contributed by atoms with Crippen LogP contribution in [0.15, 0.2) is 42.3 Å². The number of esters is 1. The van der Waals surface area contributed by atoms with Gasteiger partial charge in [0.15, 0.2) is 0 Å². The zero-order chi connectivity index (χ0) is 25.9. The van der Waals surface area contributed by atoms with Gasteiger partial charge in [-0.2, -0.15) is 0 Å². The van der Waals surface area contributed by atoms with Crippen molar-refractivity contribution in [2.45, 2.75) is 123 Å². The van der Waals surface area contributed by atoms with Gasteiger partial charge in [-0.1, -0.05) is 83.1 Å². The van der Waals surface area contributed by atoms with Crippen molar-refractivity contribution < 1.29 is 9.53 Å². The molecule has 4 aliphatic rings. The van der Waals surface area contributed by atoms with Crippen LogP contribution < -0.4 is 0 Å². The van der Waals surface area contributed by atoms with Crippen LogP contribution in [-0.4, -0.2) is 17.1 Å². The molecule has 0 N–H and O–H groups in total. The summed E-state index contributed by atoms with van der Waals surface area (Å²) in [4.78, 5) is 17.0. The van der Waals surface area contributed by atoms with E-state index in [0.717, 1.165) is 43.4 Å². The predicted molar refractivity (Wildman–Crippen MR) is 152 cm³/mol. The average Bonchev–Trinajstić information content (AvgIpc) is 3.26. The third-order valence-electron chi connectivity index (χ3n) is 10.9. The molecule has 3 nitrogen and oxygen atoms in total. The summed E-state index contributed by atoms with van der Waals surface area (Å²) < 4.78 is 6.02. The van der Waals surface area contributed by atoms with Gasteiger partial charge in [0.05, 0.1) is 0 Å². The zero-order valence-corrected chi connectivity index (χ0v) is 23.6. The smallest absolute Gasteiger partial charge is 0.306 e. The van der Waals surface area contributed by atoms with Gasteiger partial charge >= 0.3 is 5.97 Å². The minimum absolute atomic E-state index is 0.0323. The Morgan fingerprint density at radius 1 is 0.973 bits per heavy atom.